The number of carbonyl (C=O) groups excluding carboxylic acids is 1. The van der Waals surface area contributed by atoms with Crippen LogP contribution in [0.1, 0.15) is 13.8 Å². The van der Waals surface area contributed by atoms with E-state index in [1.807, 2.05) is 0 Å². The van der Waals surface area contributed by atoms with E-state index in [1.54, 1.807) is 13.8 Å². The standard InChI is InChI=1S/C4H8O2.Na/c1-3(2)4(5)6;/h3H,1-2H3,(H,5,6);/q;+1/p-1/i4+1;. The van der Waals surface area contributed by atoms with Crippen LogP contribution in [-0.2, 0) is 4.79 Å². The summed E-state index contributed by atoms with van der Waals surface area (Å²) in [5.74, 6) is -1.33. The molecule has 0 aliphatic rings. The van der Waals surface area contributed by atoms with E-state index in [4.69, 9.17) is 0 Å². The SMILES string of the molecule is CC(C)[13C](=O)[O-].[Na+]. The summed E-state index contributed by atoms with van der Waals surface area (Å²) in [6, 6.07) is 0. The Bertz CT molecular complexity index is 60.7. The predicted octanol–water partition coefficient (Wildman–Crippen LogP) is -3.60. The fourth-order valence-electron chi connectivity index (χ4n) is 0. The summed E-state index contributed by atoms with van der Waals surface area (Å²) in [6.07, 6.45) is 0. The summed E-state index contributed by atoms with van der Waals surface area (Å²) in [5, 5.41) is 9.59. The Balaban J connectivity index is 0. The Morgan fingerprint density at radius 3 is 1.71 bits per heavy atom. The first-order valence-corrected chi connectivity index (χ1v) is 1.85. The summed E-state index contributed by atoms with van der Waals surface area (Å²) in [7, 11) is 0. The molecule has 0 saturated heterocycles. The van der Waals surface area contributed by atoms with Gasteiger partial charge in [0.05, 0.1) is 0 Å². The molecule has 0 N–H and O–H groups in total. The maximum Gasteiger partial charge on any atom is 1.00 e. The summed E-state index contributed by atoms with van der Waals surface area (Å²) in [6.45, 7) is 3.16. The van der Waals surface area contributed by atoms with Gasteiger partial charge in [-0.05, 0) is 5.92 Å². The topological polar surface area (TPSA) is 40.1 Å². The van der Waals surface area contributed by atoms with Crippen molar-refractivity contribution in [1.29, 1.82) is 0 Å². The number of carbonyl (C=O) groups is 1. The van der Waals surface area contributed by atoms with E-state index in [1.165, 1.54) is 0 Å². The molecule has 0 aromatic carbocycles. The first kappa shape index (κ1) is 10.5. The number of rotatable bonds is 1. The average molecular weight is 111 g/mol. The van der Waals surface area contributed by atoms with Crippen LogP contribution in [0.4, 0.5) is 0 Å². The second-order valence-electron chi connectivity index (χ2n) is 1.47. The summed E-state index contributed by atoms with van der Waals surface area (Å²) in [5.41, 5.74) is 0. The minimum atomic E-state index is -0.991. The number of hydrogen-bond acceptors (Lipinski definition) is 2. The van der Waals surface area contributed by atoms with E-state index >= 15 is 0 Å². The third-order valence-corrected chi connectivity index (χ3v) is 0.471. The van der Waals surface area contributed by atoms with Gasteiger partial charge in [0.25, 0.3) is 0 Å². The van der Waals surface area contributed by atoms with Crippen LogP contribution in [0.25, 0.3) is 0 Å². The van der Waals surface area contributed by atoms with Crippen LogP contribution in [0, 0.1) is 5.92 Å². The zero-order valence-corrected chi connectivity index (χ0v) is 6.89. The van der Waals surface area contributed by atoms with Crippen LogP contribution in [0.5, 0.6) is 0 Å². The van der Waals surface area contributed by atoms with Crippen molar-refractivity contribution in [2.24, 2.45) is 5.92 Å². The van der Waals surface area contributed by atoms with Gasteiger partial charge in [0.1, 0.15) is 0 Å². The van der Waals surface area contributed by atoms with Crippen molar-refractivity contribution < 1.29 is 39.5 Å². The Kier molecular flexibility index (Phi) is 6.90. The summed E-state index contributed by atoms with van der Waals surface area (Å²) >= 11 is 0. The molecule has 0 aromatic heterocycles. The van der Waals surface area contributed by atoms with Crippen molar-refractivity contribution in [2.45, 2.75) is 13.8 Å². The van der Waals surface area contributed by atoms with E-state index in [0.717, 1.165) is 0 Å². The quantitative estimate of drug-likeness (QED) is 0.259. The smallest absolute Gasteiger partial charge is 0.550 e. The normalized spacial score (nSPS) is 7.86. The van der Waals surface area contributed by atoms with Gasteiger partial charge in [-0.2, -0.15) is 0 Å². The van der Waals surface area contributed by atoms with Gasteiger partial charge in [0, 0.05) is 5.97 Å². The molecule has 0 unspecified atom stereocenters. The Hall–Kier alpha value is 0.470. The zero-order chi connectivity index (χ0) is 5.15. The van der Waals surface area contributed by atoms with Crippen LogP contribution in [-0.4, -0.2) is 5.97 Å². The molecule has 36 valence electrons. The first-order valence-electron chi connectivity index (χ1n) is 1.85. The van der Waals surface area contributed by atoms with E-state index in [9.17, 15) is 9.90 Å². The van der Waals surface area contributed by atoms with Gasteiger partial charge in [0.2, 0.25) is 0 Å². The van der Waals surface area contributed by atoms with E-state index in [2.05, 4.69) is 0 Å². The minimum Gasteiger partial charge on any atom is -0.550 e. The van der Waals surface area contributed by atoms with Crippen molar-refractivity contribution in [2.75, 3.05) is 0 Å². The largest absolute Gasteiger partial charge is 1.00 e. The van der Waals surface area contributed by atoms with E-state index in [0.29, 0.717) is 0 Å². The molecule has 0 radical (unpaired) electrons. The van der Waals surface area contributed by atoms with Crippen molar-refractivity contribution in [3.63, 3.8) is 0 Å². The zero-order valence-electron chi connectivity index (χ0n) is 4.89. The summed E-state index contributed by atoms with van der Waals surface area (Å²) < 4.78 is 0. The number of aliphatic carboxylic acids is 1. The number of carboxylic acids is 1. The third-order valence-electron chi connectivity index (χ3n) is 0.471. The molecule has 7 heavy (non-hydrogen) atoms. The fraction of sp³-hybridized carbons (Fsp3) is 0.750. The molecule has 3 heteroatoms. The monoisotopic (exact) mass is 111 g/mol. The molecule has 0 saturated carbocycles. The van der Waals surface area contributed by atoms with Gasteiger partial charge < -0.3 is 9.90 Å². The Labute approximate surface area is 65.2 Å². The van der Waals surface area contributed by atoms with Crippen LogP contribution in [0.2, 0.25) is 0 Å². The molecule has 0 aromatic rings. The van der Waals surface area contributed by atoms with Crippen LogP contribution in [0.15, 0.2) is 0 Å². The molecule has 2 nitrogen and oxygen atoms in total. The van der Waals surface area contributed by atoms with Gasteiger partial charge in [-0.25, -0.2) is 0 Å². The molecule has 0 fully saturated rings. The van der Waals surface area contributed by atoms with Gasteiger partial charge >= 0.3 is 29.6 Å². The van der Waals surface area contributed by atoms with Crippen LogP contribution in [0.3, 0.4) is 0 Å². The molecule has 0 aliphatic heterocycles. The maximum atomic E-state index is 9.59. The Morgan fingerprint density at radius 1 is 1.57 bits per heavy atom. The molecular weight excluding hydrogens is 104 g/mol. The molecule has 0 amide bonds. The van der Waals surface area contributed by atoms with Crippen molar-refractivity contribution in [1.82, 2.24) is 0 Å². The van der Waals surface area contributed by atoms with Crippen molar-refractivity contribution >= 4 is 5.97 Å². The van der Waals surface area contributed by atoms with Gasteiger partial charge in [0.15, 0.2) is 0 Å². The molecule has 0 spiro atoms. The van der Waals surface area contributed by atoms with Gasteiger partial charge in [-0.1, -0.05) is 13.8 Å². The Morgan fingerprint density at radius 2 is 1.71 bits per heavy atom. The van der Waals surface area contributed by atoms with Crippen molar-refractivity contribution in [3.05, 3.63) is 0 Å². The first-order chi connectivity index (χ1) is 2.64. The number of hydrogen-bond donors (Lipinski definition) is 0. The number of carboxylic acid groups (broad SMARTS) is 1. The second-order valence-corrected chi connectivity index (χ2v) is 1.47. The minimum absolute atomic E-state index is 0. The predicted molar refractivity (Wildman–Crippen MR) is 19.8 cm³/mol. The second kappa shape index (κ2) is 4.62. The molecule has 0 heterocycles. The van der Waals surface area contributed by atoms with Gasteiger partial charge in [-0.3, -0.25) is 0 Å². The molecule has 0 atom stereocenters. The summed E-state index contributed by atoms with van der Waals surface area (Å²) in [4.78, 5) is 9.59. The molecule has 0 bridgehead atoms. The third kappa shape index (κ3) is 6.47. The van der Waals surface area contributed by atoms with E-state index in [-0.39, 0.29) is 35.5 Å². The van der Waals surface area contributed by atoms with Gasteiger partial charge in [-0.15, -0.1) is 0 Å². The van der Waals surface area contributed by atoms with E-state index < -0.39 is 5.97 Å². The maximum absolute atomic E-state index is 9.59. The molecular formula is C4H7NaO2. The molecule has 0 rings (SSSR count). The van der Waals surface area contributed by atoms with Crippen molar-refractivity contribution in [3.8, 4) is 0 Å². The average Bonchev–Trinajstić information content (AvgIpc) is 1.36. The fourth-order valence-corrected chi connectivity index (χ4v) is 0. The van der Waals surface area contributed by atoms with Crippen LogP contribution < -0.4 is 34.7 Å². The van der Waals surface area contributed by atoms with Crippen LogP contribution >= 0.6 is 0 Å². The molecule has 0 aliphatic carbocycles.